The van der Waals surface area contributed by atoms with E-state index in [1.807, 2.05) is 22.8 Å². The van der Waals surface area contributed by atoms with Crippen LogP contribution in [0.3, 0.4) is 0 Å². The Labute approximate surface area is 109 Å². The lowest BCUT2D eigenvalue weighted by Gasteiger charge is -2.17. The van der Waals surface area contributed by atoms with Gasteiger partial charge in [-0.05, 0) is 37.3 Å². The minimum Gasteiger partial charge on any atom is -0.339 e. The fourth-order valence-electron chi connectivity index (χ4n) is 2.37. The second kappa shape index (κ2) is 4.46. The zero-order valence-corrected chi connectivity index (χ0v) is 10.3. The van der Waals surface area contributed by atoms with Crippen LogP contribution in [0.2, 0.25) is 0 Å². The summed E-state index contributed by atoms with van der Waals surface area (Å²) in [6.07, 6.45) is 3.50. The van der Waals surface area contributed by atoms with Crippen LogP contribution in [0.1, 0.15) is 18.5 Å². The molecule has 3 rings (SSSR count). The van der Waals surface area contributed by atoms with Crippen LogP contribution in [-0.2, 0) is 0 Å². The number of pyridine rings is 1. The van der Waals surface area contributed by atoms with Crippen molar-refractivity contribution in [2.24, 2.45) is 0 Å². The topological polar surface area (TPSA) is 17.8 Å². The molecule has 0 N–H and O–H groups in total. The van der Waals surface area contributed by atoms with Crippen molar-refractivity contribution in [3.05, 3.63) is 66.0 Å². The summed E-state index contributed by atoms with van der Waals surface area (Å²) in [7, 11) is 0. The Hall–Kier alpha value is -2.23. The summed E-state index contributed by atoms with van der Waals surface area (Å²) in [4.78, 5) is 4.21. The maximum Gasteiger partial charge on any atom is 0.131 e. The molecule has 0 aliphatic carbocycles. The molecule has 1 aromatic carbocycles. The van der Waals surface area contributed by atoms with Crippen LogP contribution >= 0.6 is 0 Å². The van der Waals surface area contributed by atoms with Crippen molar-refractivity contribution < 1.29 is 8.78 Å². The van der Waals surface area contributed by atoms with Crippen molar-refractivity contribution in [2.45, 2.75) is 13.0 Å². The third-order valence-corrected chi connectivity index (χ3v) is 3.32. The van der Waals surface area contributed by atoms with E-state index in [2.05, 4.69) is 4.98 Å². The van der Waals surface area contributed by atoms with Crippen molar-refractivity contribution in [1.29, 1.82) is 0 Å². The number of benzene rings is 1. The van der Waals surface area contributed by atoms with Crippen LogP contribution in [-0.4, -0.2) is 9.55 Å². The average molecular weight is 258 g/mol. The highest BCUT2D eigenvalue weighted by Crippen LogP contribution is 2.27. The summed E-state index contributed by atoms with van der Waals surface area (Å²) in [5.74, 6) is -1.06. The number of halogens is 2. The van der Waals surface area contributed by atoms with E-state index in [-0.39, 0.29) is 5.56 Å². The lowest BCUT2D eigenvalue weighted by molar-refractivity contribution is 0.513. The number of fused-ring (bicyclic) bond motifs is 1. The Morgan fingerprint density at radius 3 is 2.53 bits per heavy atom. The normalized spacial score (nSPS) is 12.8. The first-order chi connectivity index (χ1) is 9.18. The zero-order chi connectivity index (χ0) is 13.4. The van der Waals surface area contributed by atoms with Gasteiger partial charge in [0, 0.05) is 18.0 Å². The molecule has 0 saturated heterocycles. The molecule has 1 atom stereocenters. The number of rotatable bonds is 2. The maximum absolute atomic E-state index is 13.8. The van der Waals surface area contributed by atoms with Crippen molar-refractivity contribution >= 4 is 11.0 Å². The smallest absolute Gasteiger partial charge is 0.131 e. The molecule has 0 saturated carbocycles. The standard InChI is InChI=1S/C15H12F2N2/c1-10(15-11(16)4-2-5-12(15)17)19-9-7-13-14(19)6-3-8-18-13/h2-10H,1H3. The van der Waals surface area contributed by atoms with Crippen LogP contribution in [0.4, 0.5) is 8.78 Å². The highest BCUT2D eigenvalue weighted by atomic mass is 19.1. The van der Waals surface area contributed by atoms with Crippen molar-refractivity contribution in [3.63, 3.8) is 0 Å². The molecule has 2 heterocycles. The van der Waals surface area contributed by atoms with Gasteiger partial charge in [0.1, 0.15) is 11.6 Å². The third-order valence-electron chi connectivity index (χ3n) is 3.32. The molecule has 1 unspecified atom stereocenters. The average Bonchev–Trinajstić information content (AvgIpc) is 2.82. The number of nitrogens with zero attached hydrogens (tertiary/aromatic N) is 2. The lowest BCUT2D eigenvalue weighted by Crippen LogP contribution is -2.09. The van der Waals surface area contributed by atoms with Crippen molar-refractivity contribution in [1.82, 2.24) is 9.55 Å². The Balaban J connectivity index is 2.16. The molecule has 0 spiro atoms. The first-order valence-electron chi connectivity index (χ1n) is 6.04. The van der Waals surface area contributed by atoms with Crippen LogP contribution in [0.25, 0.3) is 11.0 Å². The summed E-state index contributed by atoms with van der Waals surface area (Å²) >= 11 is 0. The van der Waals surface area contributed by atoms with E-state index in [0.717, 1.165) is 11.0 Å². The third kappa shape index (κ3) is 1.89. The minimum absolute atomic E-state index is 0.0730. The molecule has 0 aliphatic heterocycles. The number of hydrogen-bond donors (Lipinski definition) is 0. The monoisotopic (exact) mass is 258 g/mol. The predicted octanol–water partition coefficient (Wildman–Crippen LogP) is 3.92. The lowest BCUT2D eigenvalue weighted by atomic mass is 10.1. The van der Waals surface area contributed by atoms with Gasteiger partial charge < -0.3 is 4.57 Å². The molecule has 3 aromatic rings. The summed E-state index contributed by atoms with van der Waals surface area (Å²) in [6, 6.07) is 9.03. The fraction of sp³-hybridized carbons (Fsp3) is 0.133. The summed E-state index contributed by atoms with van der Waals surface area (Å²) in [5, 5.41) is 0. The SMILES string of the molecule is CC(c1c(F)cccc1F)n1ccc2ncccc21. The number of aromatic nitrogens is 2. The summed E-state index contributed by atoms with van der Waals surface area (Å²) < 4.78 is 29.5. The Bertz CT molecular complexity index is 714. The Kier molecular flexibility index (Phi) is 2.78. The molecule has 0 bridgehead atoms. The molecule has 0 radical (unpaired) electrons. The van der Waals surface area contributed by atoms with Crippen LogP contribution in [0.15, 0.2) is 48.8 Å². The predicted molar refractivity (Wildman–Crippen MR) is 69.9 cm³/mol. The molecule has 19 heavy (non-hydrogen) atoms. The molecule has 0 aliphatic rings. The molecule has 2 aromatic heterocycles. The van der Waals surface area contributed by atoms with E-state index in [1.165, 1.54) is 18.2 Å². The molecular formula is C15H12F2N2. The summed E-state index contributed by atoms with van der Waals surface area (Å²) in [5.41, 5.74) is 1.74. The van der Waals surface area contributed by atoms with Gasteiger partial charge in [-0.2, -0.15) is 0 Å². The second-order valence-electron chi connectivity index (χ2n) is 4.44. The first kappa shape index (κ1) is 11.8. The van der Waals surface area contributed by atoms with Gasteiger partial charge in [-0.3, -0.25) is 4.98 Å². The van der Waals surface area contributed by atoms with Crippen LogP contribution < -0.4 is 0 Å². The first-order valence-corrected chi connectivity index (χ1v) is 6.04. The van der Waals surface area contributed by atoms with Gasteiger partial charge in [0.25, 0.3) is 0 Å². The Morgan fingerprint density at radius 1 is 1.05 bits per heavy atom. The van der Waals surface area contributed by atoms with E-state index in [0.29, 0.717) is 0 Å². The van der Waals surface area contributed by atoms with Gasteiger partial charge in [0.2, 0.25) is 0 Å². The van der Waals surface area contributed by atoms with E-state index in [9.17, 15) is 8.78 Å². The zero-order valence-electron chi connectivity index (χ0n) is 10.3. The molecule has 0 amide bonds. The van der Waals surface area contributed by atoms with Crippen LogP contribution in [0.5, 0.6) is 0 Å². The second-order valence-corrected chi connectivity index (χ2v) is 4.44. The molecule has 0 fully saturated rings. The van der Waals surface area contributed by atoms with E-state index in [1.54, 1.807) is 19.3 Å². The van der Waals surface area contributed by atoms with Crippen molar-refractivity contribution in [3.8, 4) is 0 Å². The molecule has 96 valence electrons. The van der Waals surface area contributed by atoms with Gasteiger partial charge in [-0.1, -0.05) is 6.07 Å². The number of hydrogen-bond acceptors (Lipinski definition) is 1. The summed E-state index contributed by atoms with van der Waals surface area (Å²) in [6.45, 7) is 1.77. The van der Waals surface area contributed by atoms with E-state index in [4.69, 9.17) is 0 Å². The van der Waals surface area contributed by atoms with Crippen molar-refractivity contribution in [2.75, 3.05) is 0 Å². The van der Waals surface area contributed by atoms with Gasteiger partial charge in [-0.15, -0.1) is 0 Å². The molecular weight excluding hydrogens is 246 g/mol. The molecule has 4 heteroatoms. The fourth-order valence-corrected chi connectivity index (χ4v) is 2.37. The van der Waals surface area contributed by atoms with Gasteiger partial charge in [0.05, 0.1) is 17.1 Å². The van der Waals surface area contributed by atoms with Gasteiger partial charge in [0.15, 0.2) is 0 Å². The van der Waals surface area contributed by atoms with Gasteiger partial charge >= 0.3 is 0 Å². The van der Waals surface area contributed by atoms with Gasteiger partial charge in [-0.25, -0.2) is 8.78 Å². The molecule has 2 nitrogen and oxygen atoms in total. The van der Waals surface area contributed by atoms with E-state index >= 15 is 0 Å². The highest BCUT2D eigenvalue weighted by molar-refractivity contribution is 5.75. The largest absolute Gasteiger partial charge is 0.339 e. The quantitative estimate of drug-likeness (QED) is 0.681. The highest BCUT2D eigenvalue weighted by Gasteiger charge is 2.18. The minimum atomic E-state index is -0.529. The van der Waals surface area contributed by atoms with E-state index < -0.39 is 17.7 Å². The maximum atomic E-state index is 13.8. The Morgan fingerprint density at radius 2 is 1.79 bits per heavy atom. The van der Waals surface area contributed by atoms with Crippen LogP contribution in [0, 0.1) is 11.6 Å².